The maximum atomic E-state index is 6.02. The molecule has 0 N–H and O–H groups in total. The Balaban J connectivity index is 1.47. The van der Waals surface area contributed by atoms with Gasteiger partial charge in [0.2, 0.25) is 6.79 Å². The van der Waals surface area contributed by atoms with Crippen LogP contribution in [-0.4, -0.2) is 26.5 Å². The zero-order valence-corrected chi connectivity index (χ0v) is 17.4. The van der Waals surface area contributed by atoms with Gasteiger partial charge in [0.05, 0.1) is 6.54 Å². The first-order chi connectivity index (χ1) is 14.8. The van der Waals surface area contributed by atoms with Gasteiger partial charge in [0.15, 0.2) is 22.5 Å². The first-order valence-corrected chi connectivity index (χ1v) is 10.7. The van der Waals surface area contributed by atoms with Crippen LogP contribution < -0.4 is 9.47 Å². The van der Waals surface area contributed by atoms with Crippen molar-refractivity contribution in [2.45, 2.75) is 17.5 Å². The van der Waals surface area contributed by atoms with E-state index >= 15 is 0 Å². The van der Waals surface area contributed by atoms with Gasteiger partial charge >= 0.3 is 0 Å². The molecule has 30 heavy (non-hydrogen) atoms. The van der Waals surface area contributed by atoms with E-state index < -0.39 is 0 Å². The molecule has 5 rings (SSSR count). The first kappa shape index (κ1) is 19.0. The number of benzene rings is 2. The molecule has 4 aromatic rings. The molecule has 150 valence electrons. The normalized spacial score (nSPS) is 12.3. The van der Waals surface area contributed by atoms with Gasteiger partial charge in [-0.05, 0) is 35.4 Å². The lowest BCUT2D eigenvalue weighted by atomic mass is 10.2. The maximum absolute atomic E-state index is 6.02. The van der Waals surface area contributed by atoms with Gasteiger partial charge in [0.25, 0.3) is 0 Å². The summed E-state index contributed by atoms with van der Waals surface area (Å²) in [6.07, 6.45) is 1.71. The van der Waals surface area contributed by atoms with E-state index in [9.17, 15) is 0 Å². The largest absolute Gasteiger partial charge is 0.454 e. The fourth-order valence-corrected chi connectivity index (χ4v) is 4.32. The fraction of sp³-hybridized carbons (Fsp3) is 0.136. The van der Waals surface area contributed by atoms with Crippen LogP contribution in [0, 0.1) is 0 Å². The zero-order chi connectivity index (χ0) is 20.3. The minimum absolute atomic E-state index is 0.260. The second-order valence-electron chi connectivity index (χ2n) is 6.72. The minimum Gasteiger partial charge on any atom is -0.454 e. The SMILES string of the molecule is Clc1cc(CSc2nnc(-c3ccccc3)n2Cc2ccc3c(c2)OCO3)ccn1. The number of thioether (sulfide) groups is 1. The van der Waals surface area contributed by atoms with Crippen LogP contribution in [0.4, 0.5) is 0 Å². The summed E-state index contributed by atoms with van der Waals surface area (Å²) in [5, 5.41) is 10.3. The van der Waals surface area contributed by atoms with Gasteiger partial charge < -0.3 is 9.47 Å². The summed E-state index contributed by atoms with van der Waals surface area (Å²) in [7, 11) is 0. The number of halogens is 1. The lowest BCUT2D eigenvalue weighted by molar-refractivity contribution is 0.174. The number of nitrogens with zero attached hydrogens (tertiary/aromatic N) is 4. The Bertz CT molecular complexity index is 1180. The van der Waals surface area contributed by atoms with Crippen molar-refractivity contribution in [2.24, 2.45) is 0 Å². The lowest BCUT2D eigenvalue weighted by Crippen LogP contribution is -2.04. The highest BCUT2D eigenvalue weighted by Crippen LogP contribution is 2.34. The molecular formula is C22H17ClN4O2S. The third-order valence-corrected chi connectivity index (χ3v) is 5.93. The summed E-state index contributed by atoms with van der Waals surface area (Å²) in [5.41, 5.74) is 3.19. The predicted octanol–water partition coefficient (Wildman–Crippen LogP) is 5.06. The Morgan fingerprint density at radius 3 is 2.67 bits per heavy atom. The van der Waals surface area contributed by atoms with Gasteiger partial charge in [-0.2, -0.15) is 0 Å². The smallest absolute Gasteiger partial charge is 0.231 e. The molecular weight excluding hydrogens is 420 g/mol. The fourth-order valence-electron chi connectivity index (χ4n) is 3.24. The van der Waals surface area contributed by atoms with E-state index in [1.807, 2.05) is 60.7 Å². The van der Waals surface area contributed by atoms with Gasteiger partial charge in [0, 0.05) is 17.5 Å². The van der Waals surface area contributed by atoms with E-state index in [1.165, 1.54) is 0 Å². The standard InChI is InChI=1S/C22H17ClN4O2S/c23-20-11-16(8-9-24-20)13-30-22-26-25-21(17-4-2-1-3-5-17)27(22)12-15-6-7-18-19(10-15)29-14-28-18/h1-11H,12-14H2. The Morgan fingerprint density at radius 2 is 1.80 bits per heavy atom. The van der Waals surface area contributed by atoms with Crippen molar-refractivity contribution in [2.75, 3.05) is 6.79 Å². The third kappa shape index (κ3) is 3.99. The molecule has 0 spiro atoms. The number of hydrogen-bond donors (Lipinski definition) is 0. The van der Waals surface area contributed by atoms with Gasteiger partial charge in [0.1, 0.15) is 5.15 Å². The molecule has 2 aromatic heterocycles. The molecule has 0 atom stereocenters. The lowest BCUT2D eigenvalue weighted by Gasteiger charge is -2.11. The monoisotopic (exact) mass is 436 g/mol. The van der Waals surface area contributed by atoms with E-state index in [1.54, 1.807) is 18.0 Å². The van der Waals surface area contributed by atoms with Gasteiger partial charge in [-0.25, -0.2) is 4.98 Å². The van der Waals surface area contributed by atoms with E-state index in [4.69, 9.17) is 21.1 Å². The second-order valence-corrected chi connectivity index (χ2v) is 8.05. The molecule has 0 saturated carbocycles. The summed E-state index contributed by atoms with van der Waals surface area (Å²) in [4.78, 5) is 4.04. The Morgan fingerprint density at radius 1 is 0.933 bits per heavy atom. The molecule has 0 radical (unpaired) electrons. The summed E-state index contributed by atoms with van der Waals surface area (Å²) in [6, 6.07) is 19.9. The van der Waals surface area contributed by atoms with Crippen LogP contribution in [0.2, 0.25) is 5.15 Å². The van der Waals surface area contributed by atoms with E-state index in [2.05, 4.69) is 19.7 Å². The third-order valence-electron chi connectivity index (χ3n) is 4.69. The number of rotatable bonds is 6. The molecule has 6 nitrogen and oxygen atoms in total. The highest BCUT2D eigenvalue weighted by molar-refractivity contribution is 7.98. The first-order valence-electron chi connectivity index (χ1n) is 9.37. The van der Waals surface area contributed by atoms with Crippen molar-refractivity contribution >= 4 is 23.4 Å². The maximum Gasteiger partial charge on any atom is 0.231 e. The number of aromatic nitrogens is 4. The molecule has 0 fully saturated rings. The summed E-state index contributed by atoms with van der Waals surface area (Å²) < 4.78 is 13.1. The molecule has 3 heterocycles. The molecule has 0 bridgehead atoms. The second kappa shape index (κ2) is 8.38. The molecule has 2 aromatic carbocycles. The predicted molar refractivity (Wildman–Crippen MR) is 116 cm³/mol. The highest BCUT2D eigenvalue weighted by Gasteiger charge is 2.18. The van der Waals surface area contributed by atoms with Crippen LogP contribution in [0.3, 0.4) is 0 Å². The Kier molecular flexibility index (Phi) is 5.29. The van der Waals surface area contributed by atoms with Gasteiger partial charge in [-0.15, -0.1) is 10.2 Å². The summed E-state index contributed by atoms with van der Waals surface area (Å²) >= 11 is 7.64. The van der Waals surface area contributed by atoms with Crippen molar-refractivity contribution in [1.82, 2.24) is 19.7 Å². The molecule has 0 saturated heterocycles. The van der Waals surface area contributed by atoms with Crippen LogP contribution in [0.25, 0.3) is 11.4 Å². The number of pyridine rings is 1. The zero-order valence-electron chi connectivity index (χ0n) is 15.9. The van der Waals surface area contributed by atoms with E-state index in [0.717, 1.165) is 44.9 Å². The average Bonchev–Trinajstić information content (AvgIpc) is 3.39. The Labute approximate surface area is 182 Å². The van der Waals surface area contributed by atoms with E-state index in [0.29, 0.717) is 11.7 Å². The van der Waals surface area contributed by atoms with Crippen molar-refractivity contribution in [3.05, 3.63) is 83.1 Å². The van der Waals surface area contributed by atoms with Gasteiger partial charge in [-0.3, -0.25) is 4.57 Å². The van der Waals surface area contributed by atoms with Crippen LogP contribution in [0.5, 0.6) is 11.5 Å². The molecule has 0 unspecified atom stereocenters. The quantitative estimate of drug-likeness (QED) is 0.311. The number of ether oxygens (including phenoxy) is 2. The number of hydrogen-bond acceptors (Lipinski definition) is 6. The molecule has 0 amide bonds. The number of fused-ring (bicyclic) bond motifs is 1. The molecule has 1 aliphatic heterocycles. The minimum atomic E-state index is 0.260. The van der Waals surface area contributed by atoms with Crippen molar-refractivity contribution < 1.29 is 9.47 Å². The highest BCUT2D eigenvalue weighted by atomic mass is 35.5. The molecule has 1 aliphatic rings. The van der Waals surface area contributed by atoms with Gasteiger partial charge in [-0.1, -0.05) is 59.8 Å². The van der Waals surface area contributed by atoms with E-state index in [-0.39, 0.29) is 6.79 Å². The topological polar surface area (TPSA) is 62.1 Å². The van der Waals surface area contributed by atoms with Crippen LogP contribution >= 0.6 is 23.4 Å². The van der Waals surface area contributed by atoms with Crippen LogP contribution in [0.15, 0.2) is 72.0 Å². The van der Waals surface area contributed by atoms with Crippen molar-refractivity contribution in [3.63, 3.8) is 0 Å². The average molecular weight is 437 g/mol. The van der Waals surface area contributed by atoms with Crippen LogP contribution in [-0.2, 0) is 12.3 Å². The van der Waals surface area contributed by atoms with Crippen LogP contribution in [0.1, 0.15) is 11.1 Å². The summed E-state index contributed by atoms with van der Waals surface area (Å²) in [5.74, 6) is 3.08. The molecule has 8 heteroatoms. The van der Waals surface area contributed by atoms with Crippen molar-refractivity contribution in [1.29, 1.82) is 0 Å². The van der Waals surface area contributed by atoms with Crippen molar-refractivity contribution in [3.8, 4) is 22.9 Å². The molecule has 0 aliphatic carbocycles. The Hall–Kier alpha value is -3.03. The summed E-state index contributed by atoms with van der Waals surface area (Å²) in [6.45, 7) is 0.879.